The number of rotatable bonds is 1. The molecule has 0 saturated heterocycles. The summed E-state index contributed by atoms with van der Waals surface area (Å²) in [4.78, 5) is 2.46. The van der Waals surface area contributed by atoms with E-state index in [1.165, 1.54) is 66.4 Å². The molecular formula is C36H19BN2O. The van der Waals surface area contributed by atoms with Gasteiger partial charge >= 0.3 is 6.85 Å². The molecule has 0 N–H and O–H groups in total. The Morgan fingerprint density at radius 3 is 1.68 bits per heavy atom. The van der Waals surface area contributed by atoms with Gasteiger partial charge in [-0.15, -0.1) is 0 Å². The lowest BCUT2D eigenvalue weighted by Gasteiger charge is -2.42. The summed E-state index contributed by atoms with van der Waals surface area (Å²) in [5.74, 6) is 0. The minimum absolute atomic E-state index is 0.133. The Labute approximate surface area is 229 Å². The summed E-state index contributed by atoms with van der Waals surface area (Å²) in [6.45, 7) is 0.133. The number of nitrogens with zero attached hydrogens (tertiary/aromatic N) is 2. The van der Waals surface area contributed by atoms with E-state index in [1.54, 1.807) is 0 Å². The molecule has 0 radical (unpaired) electrons. The second kappa shape index (κ2) is 6.49. The number of furan rings is 1. The van der Waals surface area contributed by atoms with Crippen LogP contribution in [0.2, 0.25) is 0 Å². The van der Waals surface area contributed by atoms with Crippen LogP contribution >= 0.6 is 0 Å². The van der Waals surface area contributed by atoms with Gasteiger partial charge < -0.3 is 13.8 Å². The standard InChI is InChI=1S/C36H19BN2O/c1-2-19-31-20(8-1)27-15-7-18-30(36(27)40-31)38-28-16-5-9-21-23-11-3-13-25-26-14-4-12-24-22-10-6-17-29(38)33(22)37(32(21)28)39(34(23)25)35(24)26/h1-19H. The molecule has 4 heteroatoms. The van der Waals surface area contributed by atoms with Crippen LogP contribution in [0.25, 0.3) is 66.0 Å². The van der Waals surface area contributed by atoms with E-state index >= 15 is 0 Å². The summed E-state index contributed by atoms with van der Waals surface area (Å²) in [5, 5.41) is 4.98. The molecule has 11 rings (SSSR count). The third kappa shape index (κ3) is 2.03. The molecule has 182 valence electrons. The van der Waals surface area contributed by atoms with Gasteiger partial charge in [0.25, 0.3) is 0 Å². The molecule has 6 aromatic carbocycles. The van der Waals surface area contributed by atoms with E-state index in [0.717, 1.165) is 27.6 Å². The largest absolute Gasteiger partial charge is 0.454 e. The number of fused-ring (bicyclic) bond motifs is 6. The summed E-state index contributed by atoms with van der Waals surface area (Å²) >= 11 is 0. The Balaban J connectivity index is 1.36. The van der Waals surface area contributed by atoms with E-state index < -0.39 is 0 Å². The van der Waals surface area contributed by atoms with E-state index in [9.17, 15) is 0 Å². The molecule has 8 aromatic rings. The first-order valence-corrected chi connectivity index (χ1v) is 13.9. The fourth-order valence-electron chi connectivity index (χ4n) is 8.09. The highest BCUT2D eigenvalue weighted by Crippen LogP contribution is 2.50. The van der Waals surface area contributed by atoms with Gasteiger partial charge in [-0.05, 0) is 46.3 Å². The first-order chi connectivity index (χ1) is 19.9. The number of para-hydroxylation sites is 4. The zero-order chi connectivity index (χ0) is 25.7. The van der Waals surface area contributed by atoms with Crippen LogP contribution in [0.15, 0.2) is 120 Å². The van der Waals surface area contributed by atoms with Gasteiger partial charge in [0, 0.05) is 55.1 Å². The van der Waals surface area contributed by atoms with Crippen LogP contribution in [0.5, 0.6) is 0 Å². The van der Waals surface area contributed by atoms with Crippen molar-refractivity contribution in [3.63, 3.8) is 0 Å². The van der Waals surface area contributed by atoms with E-state index in [-0.39, 0.29) is 6.85 Å². The molecule has 0 aliphatic carbocycles. The smallest absolute Gasteiger partial charge is 0.333 e. The highest BCUT2D eigenvalue weighted by Gasteiger charge is 2.46. The summed E-state index contributed by atoms with van der Waals surface area (Å²) in [6.07, 6.45) is 0. The van der Waals surface area contributed by atoms with Gasteiger partial charge in [0.1, 0.15) is 5.58 Å². The van der Waals surface area contributed by atoms with Gasteiger partial charge in [0.2, 0.25) is 0 Å². The van der Waals surface area contributed by atoms with E-state index in [4.69, 9.17) is 4.42 Å². The van der Waals surface area contributed by atoms with Gasteiger partial charge in [0.15, 0.2) is 5.58 Å². The maximum absolute atomic E-state index is 6.60. The third-order valence-corrected chi connectivity index (χ3v) is 9.50. The van der Waals surface area contributed by atoms with Crippen molar-refractivity contribution in [3.05, 3.63) is 115 Å². The zero-order valence-electron chi connectivity index (χ0n) is 21.3. The van der Waals surface area contributed by atoms with Crippen LogP contribution in [0.4, 0.5) is 17.1 Å². The first-order valence-electron chi connectivity index (χ1n) is 13.9. The predicted octanol–water partition coefficient (Wildman–Crippen LogP) is 8.09. The van der Waals surface area contributed by atoms with Crippen molar-refractivity contribution in [3.8, 4) is 22.3 Å². The molecule has 0 fully saturated rings. The maximum atomic E-state index is 6.60. The molecule has 0 saturated carbocycles. The van der Waals surface area contributed by atoms with Crippen LogP contribution in [0.1, 0.15) is 0 Å². The van der Waals surface area contributed by atoms with Gasteiger partial charge in [-0.2, -0.15) is 0 Å². The van der Waals surface area contributed by atoms with Crippen LogP contribution in [0.3, 0.4) is 0 Å². The number of aromatic nitrogens is 1. The Morgan fingerprint density at radius 1 is 0.450 bits per heavy atom. The van der Waals surface area contributed by atoms with Crippen molar-refractivity contribution in [2.24, 2.45) is 0 Å². The minimum atomic E-state index is 0.133. The van der Waals surface area contributed by atoms with Crippen molar-refractivity contribution in [2.45, 2.75) is 0 Å². The number of anilines is 3. The summed E-state index contributed by atoms with van der Waals surface area (Å²) < 4.78 is 9.24. The third-order valence-electron chi connectivity index (χ3n) is 9.50. The normalized spacial score (nSPS) is 13.9. The van der Waals surface area contributed by atoms with Gasteiger partial charge in [-0.25, -0.2) is 0 Å². The molecule has 0 amide bonds. The van der Waals surface area contributed by atoms with Crippen LogP contribution in [-0.4, -0.2) is 11.3 Å². The number of hydrogen-bond acceptors (Lipinski definition) is 2. The Bertz CT molecular complexity index is 2350. The Kier molecular flexibility index (Phi) is 3.21. The fraction of sp³-hybridized carbons (Fsp3) is 0. The van der Waals surface area contributed by atoms with Crippen molar-refractivity contribution in [1.29, 1.82) is 0 Å². The molecule has 0 bridgehead atoms. The molecular weight excluding hydrogens is 487 g/mol. The molecule has 0 unspecified atom stereocenters. The zero-order valence-corrected chi connectivity index (χ0v) is 21.3. The quantitative estimate of drug-likeness (QED) is 0.210. The highest BCUT2D eigenvalue weighted by atomic mass is 16.3. The van der Waals surface area contributed by atoms with Crippen molar-refractivity contribution < 1.29 is 4.42 Å². The molecule has 3 aliphatic rings. The van der Waals surface area contributed by atoms with Gasteiger partial charge in [-0.3, -0.25) is 0 Å². The lowest BCUT2D eigenvalue weighted by atomic mass is 9.43. The topological polar surface area (TPSA) is 21.3 Å². The molecule has 0 atom stereocenters. The second-order valence-corrected chi connectivity index (χ2v) is 11.2. The fourth-order valence-corrected chi connectivity index (χ4v) is 8.09. The van der Waals surface area contributed by atoms with Crippen molar-refractivity contribution in [1.82, 2.24) is 4.48 Å². The molecule has 5 heterocycles. The number of hydrogen-bond donors (Lipinski definition) is 0. The van der Waals surface area contributed by atoms with Crippen LogP contribution < -0.4 is 15.8 Å². The van der Waals surface area contributed by atoms with E-state index in [1.807, 2.05) is 6.07 Å². The average Bonchev–Trinajstić information content (AvgIpc) is 3.56. The molecule has 2 aromatic heterocycles. The maximum Gasteiger partial charge on any atom is 0.333 e. The van der Waals surface area contributed by atoms with Gasteiger partial charge in [0.05, 0.1) is 5.69 Å². The molecule has 3 nitrogen and oxygen atoms in total. The van der Waals surface area contributed by atoms with Crippen LogP contribution in [-0.2, 0) is 0 Å². The minimum Gasteiger partial charge on any atom is -0.454 e. The SMILES string of the molecule is c1cc2c3c(c1)N(c1cccc4c1oc1ccccc14)c1cccc4c1B3n1c3c-2cccc3c2cccc-4c21. The van der Waals surface area contributed by atoms with E-state index in [2.05, 4.69) is 119 Å². The van der Waals surface area contributed by atoms with E-state index in [0.29, 0.717) is 0 Å². The lowest BCUT2D eigenvalue weighted by Crippen LogP contribution is -2.58. The summed E-state index contributed by atoms with van der Waals surface area (Å²) in [7, 11) is 0. The first kappa shape index (κ1) is 19.8. The molecule has 0 spiro atoms. The van der Waals surface area contributed by atoms with Crippen molar-refractivity contribution in [2.75, 3.05) is 4.90 Å². The summed E-state index contributed by atoms with van der Waals surface area (Å²) in [6, 6.07) is 42.2. The molecule has 3 aliphatic heterocycles. The predicted molar refractivity (Wildman–Crippen MR) is 166 cm³/mol. The lowest BCUT2D eigenvalue weighted by molar-refractivity contribution is 0.669. The molecule has 40 heavy (non-hydrogen) atoms. The Morgan fingerprint density at radius 2 is 0.975 bits per heavy atom. The highest BCUT2D eigenvalue weighted by molar-refractivity contribution is 6.91. The van der Waals surface area contributed by atoms with Crippen molar-refractivity contribution >= 4 is 78.6 Å². The van der Waals surface area contributed by atoms with Gasteiger partial charge in [-0.1, -0.05) is 91.0 Å². The monoisotopic (exact) mass is 506 g/mol. The number of benzene rings is 6. The second-order valence-electron chi connectivity index (χ2n) is 11.2. The van der Waals surface area contributed by atoms with Crippen LogP contribution in [0, 0.1) is 0 Å². The summed E-state index contributed by atoms with van der Waals surface area (Å²) in [5.41, 5.74) is 16.1. The average molecular weight is 506 g/mol. The Hall–Kier alpha value is -5.22.